The second-order valence-corrected chi connectivity index (χ2v) is 6.13. The van der Waals surface area contributed by atoms with Gasteiger partial charge in [0.05, 0.1) is 7.11 Å². The summed E-state index contributed by atoms with van der Waals surface area (Å²) in [7, 11) is 1.31. The third kappa shape index (κ3) is 6.58. The summed E-state index contributed by atoms with van der Waals surface area (Å²) in [6.07, 6.45) is 3.09. The first kappa shape index (κ1) is 18.6. The number of hydrogen-bond donors (Lipinski definition) is 0. The highest BCUT2D eigenvalue weighted by molar-refractivity contribution is 9.10. The third-order valence-electron chi connectivity index (χ3n) is 2.97. The minimum Gasteiger partial charge on any atom is -0.482 e. The van der Waals surface area contributed by atoms with Crippen LogP contribution in [0.25, 0.3) is 0 Å². The summed E-state index contributed by atoms with van der Waals surface area (Å²) in [5.74, 6) is 0.126. The summed E-state index contributed by atoms with van der Waals surface area (Å²) in [6.45, 7) is 2.46. The van der Waals surface area contributed by atoms with Gasteiger partial charge in [0.2, 0.25) is 0 Å². The van der Waals surface area contributed by atoms with Crippen LogP contribution in [-0.2, 0) is 25.5 Å². The van der Waals surface area contributed by atoms with Crippen molar-refractivity contribution in [3.05, 3.63) is 29.8 Å². The Kier molecular flexibility index (Phi) is 8.12. The van der Waals surface area contributed by atoms with Gasteiger partial charge in [-0.25, -0.2) is 4.79 Å². The van der Waals surface area contributed by atoms with Crippen molar-refractivity contribution in [2.24, 2.45) is 0 Å². The lowest BCUT2D eigenvalue weighted by Crippen LogP contribution is -2.30. The molecule has 0 saturated carbocycles. The zero-order valence-corrected chi connectivity index (χ0v) is 14.4. The summed E-state index contributed by atoms with van der Waals surface area (Å²) in [6, 6.07) is 7.13. The van der Waals surface area contributed by atoms with Crippen LogP contribution >= 0.6 is 15.9 Å². The molecule has 0 aliphatic carbocycles. The lowest BCUT2D eigenvalue weighted by molar-refractivity contribution is -0.142. The quantitative estimate of drug-likeness (QED) is 0.273. The van der Waals surface area contributed by atoms with Gasteiger partial charge in [-0.05, 0) is 40.0 Å². The zero-order chi connectivity index (χ0) is 16.4. The summed E-state index contributed by atoms with van der Waals surface area (Å²) < 4.78 is 14.4. The fraction of sp³-hybridized carbons (Fsp3) is 0.500. The van der Waals surface area contributed by atoms with Gasteiger partial charge in [-0.2, -0.15) is 0 Å². The summed E-state index contributed by atoms with van der Waals surface area (Å²) in [4.78, 5) is 22.2. The molecule has 0 saturated heterocycles. The molecular formula is C16H21BrO5. The summed E-state index contributed by atoms with van der Waals surface area (Å²) >= 11 is 3.35. The number of benzene rings is 1. The molecule has 5 nitrogen and oxygen atoms in total. The van der Waals surface area contributed by atoms with Gasteiger partial charge in [-0.1, -0.05) is 25.5 Å². The molecule has 1 atom stereocenters. The molecular weight excluding hydrogens is 352 g/mol. The molecule has 0 heterocycles. The van der Waals surface area contributed by atoms with Crippen LogP contribution in [0.2, 0.25) is 0 Å². The van der Waals surface area contributed by atoms with Crippen LogP contribution in [0.15, 0.2) is 24.3 Å². The highest BCUT2D eigenvalue weighted by atomic mass is 79.9. The van der Waals surface area contributed by atoms with Gasteiger partial charge in [0.1, 0.15) is 5.75 Å². The second-order valence-electron chi connectivity index (χ2n) is 4.79. The van der Waals surface area contributed by atoms with Crippen LogP contribution in [0.1, 0.15) is 25.3 Å². The van der Waals surface area contributed by atoms with Crippen molar-refractivity contribution in [1.29, 1.82) is 0 Å². The second kappa shape index (κ2) is 9.58. The molecule has 6 heteroatoms. The molecule has 0 radical (unpaired) electrons. The van der Waals surface area contributed by atoms with Gasteiger partial charge < -0.3 is 14.2 Å². The zero-order valence-electron chi connectivity index (χ0n) is 12.8. The van der Waals surface area contributed by atoms with Crippen LogP contribution in [0.4, 0.5) is 0 Å². The number of carbonyl (C=O) groups is 2. The van der Waals surface area contributed by atoms with E-state index in [0.29, 0.717) is 18.8 Å². The molecule has 0 bridgehead atoms. The SMILES string of the molecule is CCCCOC(Br)(C=O)Cc1ccc(OCC(=O)OC)cc1. The first-order valence-electron chi connectivity index (χ1n) is 7.10. The predicted molar refractivity (Wildman–Crippen MR) is 86.2 cm³/mol. The number of carbonyl (C=O) groups excluding carboxylic acids is 2. The maximum absolute atomic E-state index is 11.3. The van der Waals surface area contributed by atoms with E-state index in [0.717, 1.165) is 24.7 Å². The van der Waals surface area contributed by atoms with Crippen molar-refractivity contribution < 1.29 is 23.8 Å². The van der Waals surface area contributed by atoms with Gasteiger partial charge in [-0.15, -0.1) is 0 Å². The monoisotopic (exact) mass is 372 g/mol. The van der Waals surface area contributed by atoms with E-state index >= 15 is 0 Å². The van der Waals surface area contributed by atoms with Gasteiger partial charge in [0.25, 0.3) is 0 Å². The van der Waals surface area contributed by atoms with Crippen molar-refractivity contribution in [3.63, 3.8) is 0 Å². The van der Waals surface area contributed by atoms with E-state index in [4.69, 9.17) is 9.47 Å². The molecule has 0 aliphatic rings. The molecule has 1 aromatic carbocycles. The lowest BCUT2D eigenvalue weighted by atomic mass is 10.1. The van der Waals surface area contributed by atoms with Crippen LogP contribution in [0.5, 0.6) is 5.75 Å². The predicted octanol–water partition coefficient (Wildman–Crippen LogP) is 2.89. The molecule has 0 aliphatic heterocycles. The molecule has 0 amide bonds. The van der Waals surface area contributed by atoms with Crippen LogP contribution in [0.3, 0.4) is 0 Å². The van der Waals surface area contributed by atoms with Gasteiger partial charge >= 0.3 is 5.97 Å². The Morgan fingerprint density at radius 2 is 2.00 bits per heavy atom. The van der Waals surface area contributed by atoms with Crippen molar-refractivity contribution >= 4 is 28.2 Å². The number of methoxy groups -OCH3 is 1. The Morgan fingerprint density at radius 3 is 2.55 bits per heavy atom. The average Bonchev–Trinajstić information content (AvgIpc) is 2.54. The van der Waals surface area contributed by atoms with Crippen LogP contribution in [0, 0.1) is 0 Å². The van der Waals surface area contributed by atoms with Gasteiger partial charge in [0.15, 0.2) is 17.4 Å². The molecule has 0 spiro atoms. The number of halogens is 1. The Bertz CT molecular complexity index is 474. The number of rotatable bonds is 10. The molecule has 122 valence electrons. The summed E-state index contributed by atoms with van der Waals surface area (Å²) in [5, 5.41) is 0. The molecule has 1 aromatic rings. The topological polar surface area (TPSA) is 61.8 Å². The number of hydrogen-bond acceptors (Lipinski definition) is 5. The van der Waals surface area contributed by atoms with E-state index in [1.54, 1.807) is 12.1 Å². The third-order valence-corrected chi connectivity index (χ3v) is 3.66. The van der Waals surface area contributed by atoms with E-state index in [2.05, 4.69) is 27.6 Å². The smallest absolute Gasteiger partial charge is 0.343 e. The number of alkyl halides is 1. The Balaban J connectivity index is 2.57. The molecule has 1 unspecified atom stereocenters. The number of ether oxygens (including phenoxy) is 3. The largest absolute Gasteiger partial charge is 0.482 e. The molecule has 0 N–H and O–H groups in total. The Hall–Kier alpha value is -1.40. The van der Waals surface area contributed by atoms with Crippen LogP contribution < -0.4 is 4.74 Å². The van der Waals surface area contributed by atoms with Gasteiger partial charge in [0, 0.05) is 13.0 Å². The maximum Gasteiger partial charge on any atom is 0.343 e. The number of esters is 1. The van der Waals surface area contributed by atoms with Crippen molar-refractivity contribution in [2.45, 2.75) is 30.7 Å². The number of unbranched alkanes of at least 4 members (excludes halogenated alkanes) is 1. The standard InChI is InChI=1S/C16H21BrO5/c1-3-4-9-22-16(17,12-18)10-13-5-7-14(8-6-13)21-11-15(19)20-2/h5-8,12H,3-4,9-11H2,1-2H3. The molecule has 0 aromatic heterocycles. The van der Waals surface area contributed by atoms with E-state index in [-0.39, 0.29) is 6.61 Å². The van der Waals surface area contributed by atoms with E-state index in [1.165, 1.54) is 7.11 Å². The molecule has 1 rings (SSSR count). The van der Waals surface area contributed by atoms with E-state index in [1.807, 2.05) is 12.1 Å². The highest BCUT2D eigenvalue weighted by Crippen LogP contribution is 2.24. The first-order chi connectivity index (χ1) is 10.5. The summed E-state index contributed by atoms with van der Waals surface area (Å²) in [5.41, 5.74) is 0.922. The van der Waals surface area contributed by atoms with Crippen molar-refractivity contribution in [2.75, 3.05) is 20.3 Å². The van der Waals surface area contributed by atoms with E-state index < -0.39 is 10.5 Å². The molecule has 22 heavy (non-hydrogen) atoms. The lowest BCUT2D eigenvalue weighted by Gasteiger charge is -2.22. The first-order valence-corrected chi connectivity index (χ1v) is 7.90. The maximum atomic E-state index is 11.3. The average molecular weight is 373 g/mol. The Morgan fingerprint density at radius 1 is 1.32 bits per heavy atom. The normalized spacial score (nSPS) is 13.2. The molecule has 0 fully saturated rings. The fourth-order valence-electron chi connectivity index (χ4n) is 1.70. The number of aldehydes is 1. The van der Waals surface area contributed by atoms with Gasteiger partial charge in [-0.3, -0.25) is 4.79 Å². The fourth-order valence-corrected chi connectivity index (χ4v) is 2.18. The van der Waals surface area contributed by atoms with Crippen molar-refractivity contribution in [3.8, 4) is 5.75 Å². The van der Waals surface area contributed by atoms with E-state index in [9.17, 15) is 9.59 Å². The Labute approximate surface area is 139 Å². The van der Waals surface area contributed by atoms with Crippen molar-refractivity contribution in [1.82, 2.24) is 0 Å². The minimum absolute atomic E-state index is 0.132. The minimum atomic E-state index is -1.00. The van der Waals surface area contributed by atoms with Crippen LogP contribution in [-0.4, -0.2) is 37.1 Å². The highest BCUT2D eigenvalue weighted by Gasteiger charge is 2.27.